The minimum Gasteiger partial charge on any atom is -0.495 e. The van der Waals surface area contributed by atoms with Crippen molar-refractivity contribution in [1.29, 1.82) is 0 Å². The van der Waals surface area contributed by atoms with Crippen LogP contribution in [-0.4, -0.2) is 59.9 Å². The van der Waals surface area contributed by atoms with Crippen molar-refractivity contribution in [3.8, 4) is 16.3 Å². The summed E-state index contributed by atoms with van der Waals surface area (Å²) in [6.07, 6.45) is 0. The Kier molecular flexibility index (Phi) is 6.34. The van der Waals surface area contributed by atoms with Gasteiger partial charge in [0.1, 0.15) is 12.3 Å². The lowest BCUT2D eigenvalue weighted by Gasteiger charge is -2.25. The van der Waals surface area contributed by atoms with E-state index in [1.165, 1.54) is 11.3 Å². The van der Waals surface area contributed by atoms with E-state index < -0.39 is 0 Å². The molecular formula is C22H24N4O4S. The molecule has 0 atom stereocenters. The zero-order valence-electron chi connectivity index (χ0n) is 17.5. The van der Waals surface area contributed by atoms with Gasteiger partial charge in [0.2, 0.25) is 5.91 Å². The molecular weight excluding hydrogens is 416 g/mol. The molecule has 2 amide bonds. The van der Waals surface area contributed by atoms with Crippen LogP contribution in [0, 0.1) is 6.92 Å². The molecule has 1 N–H and O–H groups in total. The number of aryl methyl sites for hydroxylation is 1. The molecule has 162 valence electrons. The van der Waals surface area contributed by atoms with E-state index in [1.54, 1.807) is 22.8 Å². The van der Waals surface area contributed by atoms with Crippen molar-refractivity contribution in [2.24, 2.45) is 0 Å². The van der Waals surface area contributed by atoms with Gasteiger partial charge in [-0.15, -0.1) is 11.3 Å². The Labute approximate surface area is 184 Å². The maximum atomic E-state index is 12.9. The van der Waals surface area contributed by atoms with Crippen LogP contribution in [0.2, 0.25) is 0 Å². The van der Waals surface area contributed by atoms with Gasteiger partial charge in [0.25, 0.3) is 5.91 Å². The van der Waals surface area contributed by atoms with Gasteiger partial charge in [-0.05, 0) is 42.1 Å². The third-order valence-corrected chi connectivity index (χ3v) is 5.89. The number of methoxy groups -OCH3 is 1. The molecule has 3 heterocycles. The zero-order valence-corrected chi connectivity index (χ0v) is 18.3. The summed E-state index contributed by atoms with van der Waals surface area (Å²) in [6, 6.07) is 11.2. The van der Waals surface area contributed by atoms with Gasteiger partial charge in [0.05, 0.1) is 36.6 Å². The van der Waals surface area contributed by atoms with E-state index in [0.29, 0.717) is 43.4 Å². The van der Waals surface area contributed by atoms with Crippen LogP contribution in [0.15, 0.2) is 41.8 Å². The summed E-state index contributed by atoms with van der Waals surface area (Å²) in [5.41, 5.74) is 2.67. The van der Waals surface area contributed by atoms with E-state index in [0.717, 1.165) is 16.1 Å². The first-order chi connectivity index (χ1) is 15.0. The van der Waals surface area contributed by atoms with Crippen molar-refractivity contribution >= 4 is 28.8 Å². The van der Waals surface area contributed by atoms with Gasteiger partial charge >= 0.3 is 0 Å². The first-order valence-corrected chi connectivity index (χ1v) is 10.9. The number of benzene rings is 1. The van der Waals surface area contributed by atoms with Gasteiger partial charge in [0.15, 0.2) is 5.69 Å². The van der Waals surface area contributed by atoms with E-state index in [-0.39, 0.29) is 18.4 Å². The SMILES string of the molecule is COc1ccc(C)cc1NC(=O)Cn1nc(C(=O)N2CCOCC2)cc1-c1cccs1. The number of rotatable bonds is 6. The zero-order chi connectivity index (χ0) is 21.8. The Bertz CT molecular complexity index is 1070. The average Bonchev–Trinajstić information content (AvgIpc) is 3.44. The van der Waals surface area contributed by atoms with E-state index in [2.05, 4.69) is 10.4 Å². The minimum absolute atomic E-state index is 0.0271. The minimum atomic E-state index is -0.254. The van der Waals surface area contributed by atoms with Gasteiger partial charge in [-0.1, -0.05) is 12.1 Å². The summed E-state index contributed by atoms with van der Waals surface area (Å²) >= 11 is 1.53. The number of carbonyl (C=O) groups excluding carboxylic acids is 2. The summed E-state index contributed by atoms with van der Waals surface area (Å²) < 4.78 is 12.3. The Balaban J connectivity index is 1.58. The summed E-state index contributed by atoms with van der Waals surface area (Å²) in [5, 5.41) is 9.33. The molecule has 0 spiro atoms. The van der Waals surface area contributed by atoms with Crippen molar-refractivity contribution in [3.63, 3.8) is 0 Å². The Morgan fingerprint density at radius 1 is 1.23 bits per heavy atom. The van der Waals surface area contributed by atoms with E-state index >= 15 is 0 Å². The van der Waals surface area contributed by atoms with Crippen LogP contribution in [0.3, 0.4) is 0 Å². The summed E-state index contributed by atoms with van der Waals surface area (Å²) in [5.74, 6) is 0.178. The summed E-state index contributed by atoms with van der Waals surface area (Å²) in [4.78, 5) is 28.4. The molecule has 8 nitrogen and oxygen atoms in total. The van der Waals surface area contributed by atoms with Crippen molar-refractivity contribution in [2.45, 2.75) is 13.5 Å². The molecule has 1 aliphatic rings. The van der Waals surface area contributed by atoms with Crippen molar-refractivity contribution in [2.75, 3.05) is 38.7 Å². The normalized spacial score (nSPS) is 13.8. The standard InChI is InChI=1S/C22H24N4O4S/c1-15-5-6-19(29-2)16(12-15)23-21(27)14-26-18(20-4-3-11-31-20)13-17(24-26)22(28)25-7-9-30-10-8-25/h3-6,11-13H,7-10,14H2,1-2H3,(H,23,27). The summed E-state index contributed by atoms with van der Waals surface area (Å²) in [6.45, 7) is 4.03. The third kappa shape index (κ3) is 4.78. The molecule has 31 heavy (non-hydrogen) atoms. The second-order valence-corrected chi connectivity index (χ2v) is 8.15. The Morgan fingerprint density at radius 2 is 2.03 bits per heavy atom. The highest BCUT2D eigenvalue weighted by molar-refractivity contribution is 7.13. The highest BCUT2D eigenvalue weighted by Crippen LogP contribution is 2.28. The average molecular weight is 441 g/mol. The number of ether oxygens (including phenoxy) is 2. The molecule has 0 aliphatic carbocycles. The van der Waals surface area contributed by atoms with Gasteiger partial charge in [-0.2, -0.15) is 5.10 Å². The van der Waals surface area contributed by atoms with Gasteiger partial charge in [-0.3, -0.25) is 14.3 Å². The number of hydrogen-bond acceptors (Lipinski definition) is 6. The van der Waals surface area contributed by atoms with Crippen LogP contribution in [0.25, 0.3) is 10.6 Å². The number of nitrogens with one attached hydrogen (secondary N) is 1. The quantitative estimate of drug-likeness (QED) is 0.637. The number of aromatic nitrogens is 2. The van der Waals surface area contributed by atoms with Crippen LogP contribution in [0.4, 0.5) is 5.69 Å². The maximum Gasteiger partial charge on any atom is 0.274 e. The molecule has 1 fully saturated rings. The van der Waals surface area contributed by atoms with Crippen LogP contribution >= 0.6 is 11.3 Å². The second kappa shape index (κ2) is 9.32. The molecule has 0 unspecified atom stereocenters. The van der Waals surface area contributed by atoms with Crippen molar-refractivity contribution < 1.29 is 19.1 Å². The number of thiophene rings is 1. The fourth-order valence-electron chi connectivity index (χ4n) is 3.44. The molecule has 4 rings (SSSR count). The topological polar surface area (TPSA) is 85.7 Å². The lowest BCUT2D eigenvalue weighted by Crippen LogP contribution is -2.40. The fraction of sp³-hybridized carbons (Fsp3) is 0.318. The lowest BCUT2D eigenvalue weighted by molar-refractivity contribution is -0.116. The maximum absolute atomic E-state index is 12.9. The molecule has 0 bridgehead atoms. The number of anilines is 1. The highest BCUT2D eigenvalue weighted by atomic mass is 32.1. The van der Waals surface area contributed by atoms with E-state index in [1.807, 2.05) is 42.6 Å². The van der Waals surface area contributed by atoms with Gasteiger partial charge in [0, 0.05) is 13.1 Å². The molecule has 9 heteroatoms. The van der Waals surface area contributed by atoms with Gasteiger partial charge < -0.3 is 19.7 Å². The first kappa shape index (κ1) is 21.1. The molecule has 2 aromatic heterocycles. The van der Waals surface area contributed by atoms with Crippen LogP contribution in [-0.2, 0) is 16.1 Å². The van der Waals surface area contributed by atoms with E-state index in [9.17, 15) is 9.59 Å². The van der Waals surface area contributed by atoms with Crippen molar-refractivity contribution in [1.82, 2.24) is 14.7 Å². The van der Waals surface area contributed by atoms with Crippen LogP contribution < -0.4 is 10.1 Å². The lowest BCUT2D eigenvalue weighted by atomic mass is 10.2. The summed E-state index contributed by atoms with van der Waals surface area (Å²) in [7, 11) is 1.56. The monoisotopic (exact) mass is 440 g/mol. The third-order valence-electron chi connectivity index (χ3n) is 4.99. The number of nitrogens with zero attached hydrogens (tertiary/aromatic N) is 3. The van der Waals surface area contributed by atoms with Crippen molar-refractivity contribution in [3.05, 3.63) is 53.0 Å². The van der Waals surface area contributed by atoms with E-state index in [4.69, 9.17) is 9.47 Å². The van der Waals surface area contributed by atoms with Crippen LogP contribution in [0.1, 0.15) is 16.1 Å². The molecule has 0 saturated carbocycles. The second-order valence-electron chi connectivity index (χ2n) is 7.21. The largest absolute Gasteiger partial charge is 0.495 e. The fourth-order valence-corrected chi connectivity index (χ4v) is 4.18. The first-order valence-electron chi connectivity index (χ1n) is 9.98. The predicted molar refractivity (Wildman–Crippen MR) is 119 cm³/mol. The highest BCUT2D eigenvalue weighted by Gasteiger charge is 2.24. The molecule has 1 aromatic carbocycles. The number of hydrogen-bond donors (Lipinski definition) is 1. The predicted octanol–water partition coefficient (Wildman–Crippen LogP) is 3.04. The number of carbonyl (C=O) groups is 2. The molecule has 0 radical (unpaired) electrons. The Morgan fingerprint density at radius 3 is 2.74 bits per heavy atom. The smallest absolute Gasteiger partial charge is 0.274 e. The van der Waals surface area contributed by atoms with Gasteiger partial charge in [-0.25, -0.2) is 0 Å². The number of morpholine rings is 1. The molecule has 1 aliphatic heterocycles. The van der Waals surface area contributed by atoms with Crippen LogP contribution in [0.5, 0.6) is 5.75 Å². The Hall–Kier alpha value is -3.17. The molecule has 1 saturated heterocycles. The molecule has 3 aromatic rings. The number of amides is 2.